The lowest BCUT2D eigenvalue weighted by molar-refractivity contribution is 0.791. The summed E-state index contributed by atoms with van der Waals surface area (Å²) in [5.74, 6) is 0. The van der Waals surface area contributed by atoms with Gasteiger partial charge in [-0.3, -0.25) is 4.98 Å². The van der Waals surface area contributed by atoms with E-state index in [0.717, 1.165) is 39.6 Å². The summed E-state index contributed by atoms with van der Waals surface area (Å²) in [6.07, 6.45) is 5.65. The van der Waals surface area contributed by atoms with E-state index in [9.17, 15) is 0 Å². The van der Waals surface area contributed by atoms with Crippen LogP contribution in [0.5, 0.6) is 0 Å². The van der Waals surface area contributed by atoms with Crippen LogP contribution in [0.15, 0.2) is 54.3 Å². The van der Waals surface area contributed by atoms with Crippen LogP contribution in [0.4, 0.5) is 0 Å². The van der Waals surface area contributed by atoms with Crippen LogP contribution >= 0.6 is 11.3 Å². The van der Waals surface area contributed by atoms with Crippen molar-refractivity contribution in [1.29, 1.82) is 0 Å². The Morgan fingerprint density at radius 2 is 2.22 bits per heavy atom. The van der Waals surface area contributed by atoms with Crippen molar-refractivity contribution in [2.75, 3.05) is 7.05 Å². The average Bonchev–Trinajstić information content (AvgIpc) is 3.22. The van der Waals surface area contributed by atoms with E-state index in [2.05, 4.69) is 32.9 Å². The van der Waals surface area contributed by atoms with Gasteiger partial charge in [0, 0.05) is 29.9 Å². The van der Waals surface area contributed by atoms with Crippen LogP contribution in [0, 0.1) is 0 Å². The Bertz CT molecular complexity index is 956. The number of fused-ring (bicyclic) bond motifs is 1. The van der Waals surface area contributed by atoms with Gasteiger partial charge in [-0.15, -0.1) is 11.3 Å². The Morgan fingerprint density at radius 3 is 3.13 bits per heavy atom. The molecule has 0 aromatic carbocycles. The van der Waals surface area contributed by atoms with E-state index in [4.69, 9.17) is 4.98 Å². The lowest BCUT2D eigenvalue weighted by atomic mass is 10.2. The van der Waals surface area contributed by atoms with Crippen molar-refractivity contribution in [1.82, 2.24) is 24.9 Å². The first kappa shape index (κ1) is 14.0. The van der Waals surface area contributed by atoms with Gasteiger partial charge in [0.15, 0.2) is 0 Å². The SMILES string of the molecule is CNCc1cc(-c2csc(-c3cnn4ccccc34)n2)ccn1. The second-order valence-electron chi connectivity index (χ2n) is 5.19. The number of pyridine rings is 2. The molecule has 0 saturated carbocycles. The predicted octanol–water partition coefficient (Wildman–Crippen LogP) is 3.24. The molecule has 114 valence electrons. The smallest absolute Gasteiger partial charge is 0.127 e. The molecule has 0 bridgehead atoms. The van der Waals surface area contributed by atoms with Crippen LogP contribution in [0.25, 0.3) is 27.3 Å². The van der Waals surface area contributed by atoms with Crippen LogP contribution in [0.1, 0.15) is 5.69 Å². The van der Waals surface area contributed by atoms with E-state index in [-0.39, 0.29) is 0 Å². The van der Waals surface area contributed by atoms with Crippen LogP contribution in [0.2, 0.25) is 0 Å². The molecule has 0 radical (unpaired) electrons. The van der Waals surface area contributed by atoms with Crippen LogP contribution < -0.4 is 5.32 Å². The van der Waals surface area contributed by atoms with E-state index >= 15 is 0 Å². The molecule has 4 aromatic rings. The number of hydrogen-bond acceptors (Lipinski definition) is 5. The van der Waals surface area contributed by atoms with E-state index in [1.165, 1.54) is 0 Å². The highest BCUT2D eigenvalue weighted by atomic mass is 32.1. The standard InChI is InChI=1S/C17H15N5S/c1-18-9-13-8-12(5-6-19-13)15-11-23-17(21-15)14-10-20-22-7-3-2-4-16(14)22/h2-8,10-11,18H,9H2,1H3. The molecule has 0 atom stereocenters. The molecule has 5 nitrogen and oxygen atoms in total. The Balaban J connectivity index is 1.73. The first-order valence-electron chi connectivity index (χ1n) is 7.33. The molecule has 1 N–H and O–H groups in total. The second-order valence-corrected chi connectivity index (χ2v) is 6.05. The maximum atomic E-state index is 4.79. The third-order valence-electron chi connectivity index (χ3n) is 3.63. The lowest BCUT2D eigenvalue weighted by Crippen LogP contribution is -2.06. The highest BCUT2D eigenvalue weighted by molar-refractivity contribution is 7.13. The Kier molecular flexibility index (Phi) is 3.61. The minimum absolute atomic E-state index is 0.749. The fourth-order valence-electron chi connectivity index (χ4n) is 2.54. The van der Waals surface area contributed by atoms with Gasteiger partial charge in [0.1, 0.15) is 5.01 Å². The summed E-state index contributed by atoms with van der Waals surface area (Å²) in [6.45, 7) is 0.749. The molecule has 0 saturated heterocycles. The maximum Gasteiger partial charge on any atom is 0.127 e. The normalized spacial score (nSPS) is 11.2. The molecule has 4 aromatic heterocycles. The quantitative estimate of drug-likeness (QED) is 0.627. The lowest BCUT2D eigenvalue weighted by Gasteiger charge is -2.01. The van der Waals surface area contributed by atoms with Gasteiger partial charge in [0.05, 0.1) is 28.7 Å². The summed E-state index contributed by atoms with van der Waals surface area (Å²) >= 11 is 1.64. The van der Waals surface area contributed by atoms with Gasteiger partial charge < -0.3 is 5.32 Å². The second kappa shape index (κ2) is 5.91. The summed E-state index contributed by atoms with van der Waals surface area (Å²) in [4.78, 5) is 9.14. The number of nitrogens with zero attached hydrogens (tertiary/aromatic N) is 4. The van der Waals surface area contributed by atoms with Crippen molar-refractivity contribution in [2.45, 2.75) is 6.54 Å². The van der Waals surface area contributed by atoms with Crippen LogP contribution in [-0.2, 0) is 6.54 Å². The van der Waals surface area contributed by atoms with Crippen LogP contribution in [-0.4, -0.2) is 26.6 Å². The first-order chi connectivity index (χ1) is 11.3. The van der Waals surface area contributed by atoms with Gasteiger partial charge in [-0.2, -0.15) is 5.10 Å². The molecule has 0 aliphatic carbocycles. The molecule has 0 spiro atoms. The zero-order valence-electron chi connectivity index (χ0n) is 12.6. The molecule has 0 unspecified atom stereocenters. The Morgan fingerprint density at radius 1 is 1.26 bits per heavy atom. The first-order valence-corrected chi connectivity index (χ1v) is 8.21. The number of thiazole rings is 1. The predicted molar refractivity (Wildman–Crippen MR) is 92.3 cm³/mol. The molecule has 4 rings (SSSR count). The molecule has 0 fully saturated rings. The summed E-state index contributed by atoms with van der Waals surface area (Å²) < 4.78 is 1.87. The summed E-state index contributed by atoms with van der Waals surface area (Å²) in [5.41, 5.74) is 5.20. The van der Waals surface area contributed by atoms with Crippen molar-refractivity contribution < 1.29 is 0 Å². The summed E-state index contributed by atoms with van der Waals surface area (Å²) in [5, 5.41) is 10.6. The van der Waals surface area contributed by atoms with Gasteiger partial charge in [-0.25, -0.2) is 9.50 Å². The minimum atomic E-state index is 0.749. The molecule has 0 aliphatic heterocycles. The van der Waals surface area contributed by atoms with E-state index < -0.39 is 0 Å². The van der Waals surface area contributed by atoms with E-state index in [1.54, 1.807) is 11.3 Å². The number of rotatable bonds is 4. The van der Waals surface area contributed by atoms with Gasteiger partial charge in [-0.05, 0) is 31.3 Å². The molecule has 6 heteroatoms. The van der Waals surface area contributed by atoms with Gasteiger partial charge in [-0.1, -0.05) is 6.07 Å². The third-order valence-corrected chi connectivity index (χ3v) is 4.51. The Labute approximate surface area is 137 Å². The monoisotopic (exact) mass is 321 g/mol. The van der Waals surface area contributed by atoms with Gasteiger partial charge in [0.25, 0.3) is 0 Å². The zero-order valence-corrected chi connectivity index (χ0v) is 13.4. The van der Waals surface area contributed by atoms with Gasteiger partial charge >= 0.3 is 0 Å². The number of aromatic nitrogens is 4. The van der Waals surface area contributed by atoms with Crippen molar-refractivity contribution in [3.8, 4) is 21.8 Å². The number of nitrogens with one attached hydrogen (secondary N) is 1. The zero-order chi connectivity index (χ0) is 15.6. The fourth-order valence-corrected chi connectivity index (χ4v) is 3.39. The molecule has 0 amide bonds. The van der Waals surface area contributed by atoms with Crippen molar-refractivity contribution in [3.05, 3.63) is 60.0 Å². The molecule has 23 heavy (non-hydrogen) atoms. The average molecular weight is 321 g/mol. The van der Waals surface area contributed by atoms with Crippen molar-refractivity contribution >= 4 is 16.9 Å². The minimum Gasteiger partial charge on any atom is -0.314 e. The van der Waals surface area contributed by atoms with Crippen LogP contribution in [0.3, 0.4) is 0 Å². The summed E-state index contributed by atoms with van der Waals surface area (Å²) in [6, 6.07) is 10.1. The van der Waals surface area contributed by atoms with Crippen molar-refractivity contribution in [3.63, 3.8) is 0 Å². The van der Waals surface area contributed by atoms with E-state index in [0.29, 0.717) is 0 Å². The largest absolute Gasteiger partial charge is 0.314 e. The Hall–Kier alpha value is -2.57. The number of hydrogen-bond donors (Lipinski definition) is 1. The third kappa shape index (κ3) is 2.62. The molecular formula is C17H15N5S. The molecular weight excluding hydrogens is 306 g/mol. The van der Waals surface area contributed by atoms with Crippen molar-refractivity contribution in [2.24, 2.45) is 0 Å². The highest BCUT2D eigenvalue weighted by Gasteiger charge is 2.11. The molecule has 4 heterocycles. The molecule has 0 aliphatic rings. The van der Waals surface area contributed by atoms with E-state index in [1.807, 2.05) is 48.4 Å². The highest BCUT2D eigenvalue weighted by Crippen LogP contribution is 2.31. The van der Waals surface area contributed by atoms with Gasteiger partial charge in [0.2, 0.25) is 0 Å². The topological polar surface area (TPSA) is 55.1 Å². The fraction of sp³-hybridized carbons (Fsp3) is 0.118. The maximum absolute atomic E-state index is 4.79. The summed E-state index contributed by atoms with van der Waals surface area (Å²) in [7, 11) is 1.92.